The van der Waals surface area contributed by atoms with Gasteiger partial charge in [0.25, 0.3) is 0 Å². The molecule has 4 aromatic rings. The highest BCUT2D eigenvalue weighted by Crippen LogP contribution is 2.38. The maximum atomic E-state index is 15.1. The van der Waals surface area contributed by atoms with E-state index < -0.39 is 71.1 Å². The molecule has 244 valence electrons. The van der Waals surface area contributed by atoms with Gasteiger partial charge in [-0.25, -0.2) is 26.3 Å². The van der Waals surface area contributed by atoms with Crippen LogP contribution in [0.5, 0.6) is 11.5 Å². The minimum atomic E-state index is -5.48. The van der Waals surface area contributed by atoms with Crippen molar-refractivity contribution in [1.82, 2.24) is 0 Å². The molecule has 0 radical (unpaired) electrons. The van der Waals surface area contributed by atoms with Crippen molar-refractivity contribution in [3.05, 3.63) is 113 Å². The van der Waals surface area contributed by atoms with Gasteiger partial charge in [-0.15, -0.1) is 13.2 Å². The molecule has 0 aromatic heterocycles. The van der Waals surface area contributed by atoms with Crippen molar-refractivity contribution < 1.29 is 62.5 Å². The molecule has 0 aliphatic rings. The van der Waals surface area contributed by atoms with Gasteiger partial charge in [-0.3, -0.25) is 0 Å². The zero-order valence-corrected chi connectivity index (χ0v) is 23.4. The van der Waals surface area contributed by atoms with Crippen LogP contribution in [0.4, 0.5) is 48.3 Å². The number of benzene rings is 4. The van der Waals surface area contributed by atoms with E-state index in [-0.39, 0.29) is 35.4 Å². The molecule has 0 saturated carbocycles. The standard InChI is InChI=1S/C32H21F11O3/c1-2-11-44-16-28(37)29(38)18-5-3-17(4-6-18)19-7-9-22(24(33)12-19)20-8-10-23(25(34)13-20)31(39,40)45-21-14-26(35)30(27(36)15-21)46-32(41,42)43/h3-10,12-15H,2,11,16H2,1H3/b29-28+. The predicted molar refractivity (Wildman–Crippen MR) is 145 cm³/mol. The fraction of sp³-hybridized carbons (Fsp3) is 0.188. The summed E-state index contributed by atoms with van der Waals surface area (Å²) in [6.45, 7) is 1.54. The highest BCUT2D eigenvalue weighted by atomic mass is 19.4. The van der Waals surface area contributed by atoms with Crippen molar-refractivity contribution >= 4 is 5.83 Å². The highest BCUT2D eigenvalue weighted by Gasteiger charge is 2.39. The van der Waals surface area contributed by atoms with Crippen LogP contribution in [0.3, 0.4) is 0 Å². The third-order valence-corrected chi connectivity index (χ3v) is 6.29. The van der Waals surface area contributed by atoms with Crippen LogP contribution in [0.25, 0.3) is 28.1 Å². The predicted octanol–water partition coefficient (Wildman–Crippen LogP) is 10.6. The lowest BCUT2D eigenvalue weighted by atomic mass is 9.98. The summed E-state index contributed by atoms with van der Waals surface area (Å²) in [6, 6.07) is 11.0. The second-order valence-electron chi connectivity index (χ2n) is 9.62. The molecule has 0 aliphatic heterocycles. The Bertz CT molecular complexity index is 1710. The summed E-state index contributed by atoms with van der Waals surface area (Å²) < 4.78 is 165. The largest absolute Gasteiger partial charge is 0.573 e. The Morgan fingerprint density at radius 3 is 1.80 bits per heavy atom. The van der Waals surface area contributed by atoms with Gasteiger partial charge >= 0.3 is 12.5 Å². The van der Waals surface area contributed by atoms with Gasteiger partial charge in [-0.2, -0.15) is 8.78 Å². The van der Waals surface area contributed by atoms with Crippen molar-refractivity contribution in [3.63, 3.8) is 0 Å². The smallest absolute Gasteiger partial charge is 0.429 e. The van der Waals surface area contributed by atoms with E-state index in [9.17, 15) is 43.9 Å². The molecule has 4 rings (SSSR count). The van der Waals surface area contributed by atoms with Gasteiger partial charge in [-0.05, 0) is 41.3 Å². The van der Waals surface area contributed by atoms with E-state index in [0.717, 1.165) is 12.1 Å². The Morgan fingerprint density at radius 2 is 1.24 bits per heavy atom. The third kappa shape index (κ3) is 8.16. The topological polar surface area (TPSA) is 27.7 Å². The van der Waals surface area contributed by atoms with Gasteiger partial charge in [0.2, 0.25) is 5.75 Å². The molecule has 46 heavy (non-hydrogen) atoms. The van der Waals surface area contributed by atoms with Crippen LogP contribution in [-0.4, -0.2) is 19.6 Å². The summed E-state index contributed by atoms with van der Waals surface area (Å²) >= 11 is 0. The molecule has 0 atom stereocenters. The number of hydrogen-bond donors (Lipinski definition) is 0. The first-order chi connectivity index (χ1) is 21.6. The molecule has 0 amide bonds. The maximum Gasteiger partial charge on any atom is 0.573 e. The van der Waals surface area contributed by atoms with Crippen molar-refractivity contribution in [3.8, 4) is 33.8 Å². The van der Waals surface area contributed by atoms with Gasteiger partial charge in [-0.1, -0.05) is 49.4 Å². The summed E-state index contributed by atoms with van der Waals surface area (Å²) in [5.41, 5.74) is -1.18. The summed E-state index contributed by atoms with van der Waals surface area (Å²) in [6.07, 6.45) is -9.43. The molecule has 0 aliphatic carbocycles. The molecule has 14 heteroatoms. The minimum absolute atomic E-state index is 0.0100. The highest BCUT2D eigenvalue weighted by molar-refractivity contribution is 5.73. The lowest BCUT2D eigenvalue weighted by Crippen LogP contribution is -2.24. The fourth-order valence-corrected chi connectivity index (χ4v) is 4.19. The van der Waals surface area contributed by atoms with E-state index in [1.54, 1.807) is 0 Å². The second-order valence-corrected chi connectivity index (χ2v) is 9.62. The van der Waals surface area contributed by atoms with Crippen molar-refractivity contribution in [2.24, 2.45) is 0 Å². The van der Waals surface area contributed by atoms with Crippen molar-refractivity contribution in [2.45, 2.75) is 25.8 Å². The number of halogens is 11. The van der Waals surface area contributed by atoms with Gasteiger partial charge in [0.05, 0.1) is 5.56 Å². The van der Waals surface area contributed by atoms with Gasteiger partial charge < -0.3 is 14.2 Å². The van der Waals surface area contributed by atoms with E-state index in [1.165, 1.54) is 36.4 Å². The van der Waals surface area contributed by atoms with Crippen LogP contribution >= 0.6 is 0 Å². The van der Waals surface area contributed by atoms with Crippen LogP contribution in [0.1, 0.15) is 24.5 Å². The summed E-state index contributed by atoms with van der Waals surface area (Å²) in [7, 11) is 0. The molecule has 0 fully saturated rings. The average Bonchev–Trinajstić information content (AvgIpc) is 2.98. The normalized spacial score (nSPS) is 12.6. The van der Waals surface area contributed by atoms with Crippen LogP contribution in [0, 0.1) is 23.3 Å². The molecule has 4 aromatic carbocycles. The quantitative estimate of drug-likeness (QED) is 0.118. The molecule has 0 spiro atoms. The van der Waals surface area contributed by atoms with Gasteiger partial charge in [0.15, 0.2) is 23.3 Å². The Morgan fingerprint density at radius 1 is 0.652 bits per heavy atom. The number of rotatable bonds is 11. The Kier molecular flexibility index (Phi) is 10.3. The zero-order valence-electron chi connectivity index (χ0n) is 23.4. The Labute approximate surface area is 254 Å². The van der Waals surface area contributed by atoms with Crippen LogP contribution in [0.15, 0.2) is 78.6 Å². The number of ether oxygens (including phenoxy) is 3. The molecule has 0 heterocycles. The zero-order chi connectivity index (χ0) is 33.8. The van der Waals surface area contributed by atoms with Crippen LogP contribution < -0.4 is 9.47 Å². The first-order valence-electron chi connectivity index (χ1n) is 13.2. The van der Waals surface area contributed by atoms with Crippen molar-refractivity contribution in [1.29, 1.82) is 0 Å². The van der Waals surface area contributed by atoms with Crippen LogP contribution in [-0.2, 0) is 10.8 Å². The van der Waals surface area contributed by atoms with Crippen molar-refractivity contribution in [2.75, 3.05) is 13.2 Å². The number of alkyl halides is 5. The molecule has 3 nitrogen and oxygen atoms in total. The lowest BCUT2D eigenvalue weighted by Gasteiger charge is -2.20. The number of hydrogen-bond acceptors (Lipinski definition) is 3. The third-order valence-electron chi connectivity index (χ3n) is 6.29. The molecule has 0 N–H and O–H groups in total. The van der Waals surface area contributed by atoms with Crippen LogP contribution in [0.2, 0.25) is 0 Å². The Balaban J connectivity index is 1.52. The average molecular weight is 662 g/mol. The molecule has 0 unspecified atom stereocenters. The summed E-state index contributed by atoms with van der Waals surface area (Å²) in [5, 5.41) is 0. The van der Waals surface area contributed by atoms with E-state index >= 15 is 4.39 Å². The second kappa shape index (κ2) is 13.8. The minimum Gasteiger partial charge on any atom is -0.429 e. The first-order valence-corrected chi connectivity index (χ1v) is 13.2. The summed E-state index contributed by atoms with van der Waals surface area (Å²) in [5.74, 6) is -11.9. The Hall–Kier alpha value is -4.59. The van der Waals surface area contributed by atoms with E-state index in [4.69, 9.17) is 4.74 Å². The summed E-state index contributed by atoms with van der Waals surface area (Å²) in [4.78, 5) is 0. The molecule has 0 saturated heterocycles. The monoisotopic (exact) mass is 662 g/mol. The van der Waals surface area contributed by atoms with E-state index in [0.29, 0.717) is 29.7 Å². The first kappa shape index (κ1) is 34.3. The van der Waals surface area contributed by atoms with Gasteiger partial charge in [0.1, 0.15) is 24.0 Å². The fourth-order valence-electron chi connectivity index (χ4n) is 4.19. The van der Waals surface area contributed by atoms with E-state index in [2.05, 4.69) is 9.47 Å². The van der Waals surface area contributed by atoms with Gasteiger partial charge in [0, 0.05) is 29.9 Å². The maximum absolute atomic E-state index is 15.1. The molecular weight excluding hydrogens is 641 g/mol. The molecule has 0 bridgehead atoms. The lowest BCUT2D eigenvalue weighted by molar-refractivity contribution is -0.276. The SMILES string of the molecule is CCCOC/C(F)=C(\F)c1ccc(-c2ccc(-c3ccc(C(F)(F)Oc4cc(F)c(OC(F)(F)F)c(F)c4)c(F)c3)c(F)c2)cc1. The molecular formula is C32H21F11O3. The van der Waals surface area contributed by atoms with E-state index in [1.807, 2.05) is 6.92 Å².